The smallest absolute Gasteiger partial charge is 0.237 e. The minimum Gasteiger partial charge on any atom is -0.437 e. The first-order chi connectivity index (χ1) is 7.24. The molecular weight excluding hydrogens is 235 g/mol. The van der Waals surface area contributed by atoms with Gasteiger partial charge in [-0.25, -0.2) is 9.97 Å². The van der Waals surface area contributed by atoms with Gasteiger partial charge in [-0.05, 0) is 18.2 Å². The maximum atomic E-state index is 5.80. The van der Waals surface area contributed by atoms with Crippen LogP contribution in [0, 0.1) is 0 Å². The van der Waals surface area contributed by atoms with Crippen molar-refractivity contribution in [3.8, 4) is 11.6 Å². The first-order valence-electron chi connectivity index (χ1n) is 4.15. The average molecular weight is 241 g/mol. The van der Waals surface area contributed by atoms with E-state index in [4.69, 9.17) is 27.9 Å². The van der Waals surface area contributed by atoms with Gasteiger partial charge in [0.1, 0.15) is 10.9 Å². The average Bonchev–Trinajstić information content (AvgIpc) is 2.22. The van der Waals surface area contributed by atoms with Gasteiger partial charge < -0.3 is 4.74 Å². The Bertz CT molecular complexity index is 459. The maximum absolute atomic E-state index is 5.80. The summed E-state index contributed by atoms with van der Waals surface area (Å²) in [5.74, 6) is 0.987. The molecule has 0 radical (unpaired) electrons. The van der Waals surface area contributed by atoms with Gasteiger partial charge in [0.05, 0.1) is 12.4 Å². The van der Waals surface area contributed by atoms with Crippen molar-refractivity contribution in [2.24, 2.45) is 0 Å². The molecule has 15 heavy (non-hydrogen) atoms. The van der Waals surface area contributed by atoms with Crippen LogP contribution in [0.2, 0.25) is 10.2 Å². The highest BCUT2D eigenvalue weighted by Crippen LogP contribution is 2.22. The van der Waals surface area contributed by atoms with E-state index in [1.54, 1.807) is 24.3 Å². The second kappa shape index (κ2) is 4.47. The van der Waals surface area contributed by atoms with Gasteiger partial charge in [-0.1, -0.05) is 29.3 Å². The highest BCUT2D eigenvalue weighted by atomic mass is 35.5. The molecule has 1 aromatic carbocycles. The van der Waals surface area contributed by atoms with Gasteiger partial charge in [0, 0.05) is 5.02 Å². The lowest BCUT2D eigenvalue weighted by Crippen LogP contribution is -1.88. The number of nitrogens with zero attached hydrogens (tertiary/aromatic N) is 2. The Hall–Kier alpha value is -1.32. The molecule has 1 aromatic heterocycles. The Morgan fingerprint density at radius 3 is 2.60 bits per heavy atom. The van der Waals surface area contributed by atoms with Crippen LogP contribution < -0.4 is 4.74 Å². The minimum atomic E-state index is 0.327. The van der Waals surface area contributed by atoms with Crippen molar-refractivity contribution in [1.29, 1.82) is 0 Å². The fraction of sp³-hybridized carbons (Fsp3) is 0. The van der Waals surface area contributed by atoms with Gasteiger partial charge in [-0.2, -0.15) is 0 Å². The van der Waals surface area contributed by atoms with Gasteiger partial charge in [0.25, 0.3) is 0 Å². The summed E-state index contributed by atoms with van der Waals surface area (Å²) in [5, 5.41) is 0.933. The van der Waals surface area contributed by atoms with E-state index in [1.165, 1.54) is 12.4 Å². The maximum Gasteiger partial charge on any atom is 0.237 e. The molecule has 2 aromatic rings. The molecular formula is C10H6Cl2N2O. The molecule has 0 aliphatic rings. The molecule has 0 spiro atoms. The van der Waals surface area contributed by atoms with Crippen molar-refractivity contribution < 1.29 is 4.74 Å². The van der Waals surface area contributed by atoms with Gasteiger partial charge >= 0.3 is 0 Å². The summed E-state index contributed by atoms with van der Waals surface area (Å²) in [6, 6.07) is 7.03. The molecule has 5 heteroatoms. The number of hydrogen-bond acceptors (Lipinski definition) is 3. The molecule has 0 fully saturated rings. The van der Waals surface area contributed by atoms with Gasteiger partial charge in [0.2, 0.25) is 5.88 Å². The van der Waals surface area contributed by atoms with Crippen molar-refractivity contribution in [2.45, 2.75) is 0 Å². The minimum absolute atomic E-state index is 0.327. The lowest BCUT2D eigenvalue weighted by molar-refractivity contribution is 0.460. The van der Waals surface area contributed by atoms with Crippen molar-refractivity contribution in [3.05, 3.63) is 46.8 Å². The van der Waals surface area contributed by atoms with Crippen LogP contribution in [0.5, 0.6) is 11.6 Å². The zero-order valence-corrected chi connectivity index (χ0v) is 9.03. The van der Waals surface area contributed by atoms with Gasteiger partial charge in [-0.3, -0.25) is 0 Å². The molecule has 0 N–H and O–H groups in total. The lowest BCUT2D eigenvalue weighted by Gasteiger charge is -2.03. The van der Waals surface area contributed by atoms with Gasteiger partial charge in [0.15, 0.2) is 0 Å². The summed E-state index contributed by atoms with van der Waals surface area (Å²) < 4.78 is 5.40. The standard InChI is InChI=1S/C10H6Cl2N2O/c11-7-2-1-3-8(4-7)15-10-6-13-9(12)5-14-10/h1-6H. The van der Waals surface area contributed by atoms with E-state index >= 15 is 0 Å². The summed E-state index contributed by atoms with van der Waals surface area (Å²) in [6.45, 7) is 0. The third-order valence-corrected chi connectivity index (χ3v) is 2.05. The van der Waals surface area contributed by atoms with Crippen molar-refractivity contribution in [2.75, 3.05) is 0 Å². The number of ether oxygens (including phenoxy) is 1. The van der Waals surface area contributed by atoms with Crippen molar-refractivity contribution in [3.63, 3.8) is 0 Å². The number of halogens is 2. The Morgan fingerprint density at radius 2 is 1.93 bits per heavy atom. The molecule has 2 rings (SSSR count). The topological polar surface area (TPSA) is 35.0 Å². The highest BCUT2D eigenvalue weighted by molar-refractivity contribution is 6.30. The number of rotatable bonds is 2. The zero-order valence-electron chi connectivity index (χ0n) is 7.52. The fourth-order valence-corrected chi connectivity index (χ4v) is 1.28. The Labute approximate surface area is 96.6 Å². The predicted octanol–water partition coefficient (Wildman–Crippen LogP) is 3.58. The molecule has 0 amide bonds. The highest BCUT2D eigenvalue weighted by Gasteiger charge is 1.99. The van der Waals surface area contributed by atoms with E-state index in [-0.39, 0.29) is 0 Å². The second-order valence-electron chi connectivity index (χ2n) is 2.74. The Morgan fingerprint density at radius 1 is 1.07 bits per heavy atom. The molecule has 3 nitrogen and oxygen atoms in total. The number of aromatic nitrogens is 2. The molecule has 76 valence electrons. The van der Waals surface area contributed by atoms with Crippen LogP contribution in [0.4, 0.5) is 0 Å². The van der Waals surface area contributed by atoms with E-state index < -0.39 is 0 Å². The largest absolute Gasteiger partial charge is 0.437 e. The van der Waals surface area contributed by atoms with Crippen LogP contribution >= 0.6 is 23.2 Å². The SMILES string of the molecule is Clc1cccc(Oc2cnc(Cl)cn2)c1. The number of benzene rings is 1. The zero-order chi connectivity index (χ0) is 10.7. The van der Waals surface area contributed by atoms with E-state index in [9.17, 15) is 0 Å². The summed E-state index contributed by atoms with van der Waals surface area (Å²) >= 11 is 11.4. The molecule has 0 unspecified atom stereocenters. The van der Waals surface area contributed by atoms with E-state index in [0.717, 1.165) is 0 Å². The second-order valence-corrected chi connectivity index (χ2v) is 3.56. The molecule has 0 aliphatic heterocycles. The Balaban J connectivity index is 2.18. The van der Waals surface area contributed by atoms with Gasteiger partial charge in [-0.15, -0.1) is 0 Å². The third kappa shape index (κ3) is 2.81. The molecule has 0 atom stereocenters. The van der Waals surface area contributed by atoms with Crippen LogP contribution in [0.25, 0.3) is 0 Å². The molecule has 0 saturated carbocycles. The quantitative estimate of drug-likeness (QED) is 0.805. The fourth-order valence-electron chi connectivity index (χ4n) is 1.00. The van der Waals surface area contributed by atoms with Crippen LogP contribution in [-0.2, 0) is 0 Å². The first kappa shape index (κ1) is 10.2. The summed E-state index contributed by atoms with van der Waals surface area (Å²) in [6.07, 6.45) is 2.87. The normalized spacial score (nSPS) is 10.0. The van der Waals surface area contributed by atoms with E-state index in [0.29, 0.717) is 21.8 Å². The van der Waals surface area contributed by atoms with Crippen LogP contribution in [-0.4, -0.2) is 9.97 Å². The molecule has 0 bridgehead atoms. The predicted molar refractivity (Wildman–Crippen MR) is 58.6 cm³/mol. The summed E-state index contributed by atoms with van der Waals surface area (Å²) in [4.78, 5) is 7.79. The van der Waals surface area contributed by atoms with E-state index in [1.807, 2.05) is 0 Å². The molecule has 0 aliphatic carbocycles. The first-order valence-corrected chi connectivity index (χ1v) is 4.90. The number of hydrogen-bond donors (Lipinski definition) is 0. The van der Waals surface area contributed by atoms with Crippen molar-refractivity contribution >= 4 is 23.2 Å². The lowest BCUT2D eigenvalue weighted by atomic mass is 10.3. The van der Waals surface area contributed by atoms with Crippen LogP contribution in [0.15, 0.2) is 36.7 Å². The monoisotopic (exact) mass is 240 g/mol. The Kier molecular flexibility index (Phi) is 3.04. The van der Waals surface area contributed by atoms with E-state index in [2.05, 4.69) is 9.97 Å². The summed E-state index contributed by atoms with van der Waals surface area (Å²) in [7, 11) is 0. The van der Waals surface area contributed by atoms with Crippen molar-refractivity contribution in [1.82, 2.24) is 9.97 Å². The van der Waals surface area contributed by atoms with Crippen LogP contribution in [0.3, 0.4) is 0 Å². The third-order valence-electron chi connectivity index (χ3n) is 1.62. The molecule has 0 saturated heterocycles. The molecule has 1 heterocycles. The van der Waals surface area contributed by atoms with Crippen LogP contribution in [0.1, 0.15) is 0 Å². The summed E-state index contributed by atoms with van der Waals surface area (Å²) in [5.41, 5.74) is 0.